The summed E-state index contributed by atoms with van der Waals surface area (Å²) in [4.78, 5) is 0. The highest BCUT2D eigenvalue weighted by Crippen LogP contribution is 2.29. The van der Waals surface area contributed by atoms with Crippen molar-refractivity contribution in [1.29, 1.82) is 0 Å². The van der Waals surface area contributed by atoms with Crippen molar-refractivity contribution in [2.45, 2.75) is 96.6 Å². The Balaban J connectivity index is 3.31. The van der Waals surface area contributed by atoms with Crippen molar-refractivity contribution >= 4 is 28.9 Å². The van der Waals surface area contributed by atoms with Crippen LogP contribution < -0.4 is 0 Å². The Morgan fingerprint density at radius 1 is 0.519 bits per heavy atom. The van der Waals surface area contributed by atoms with Gasteiger partial charge in [0, 0.05) is 13.2 Å². The lowest BCUT2D eigenvalue weighted by molar-refractivity contribution is 0.0171. The molecule has 0 heterocycles. The van der Waals surface area contributed by atoms with E-state index in [1.807, 2.05) is 6.92 Å². The number of rotatable bonds is 22. The van der Waals surface area contributed by atoms with Crippen molar-refractivity contribution in [3.63, 3.8) is 0 Å². The van der Waals surface area contributed by atoms with Crippen LogP contribution in [0.25, 0.3) is 0 Å². The molecule has 0 amide bonds. The monoisotopic (exact) mass is 442 g/mol. The summed E-state index contributed by atoms with van der Waals surface area (Å²) in [6.07, 6.45) is 14.5. The number of halogens is 2. The highest BCUT2D eigenvalue weighted by molar-refractivity contribution is 7.45. The average molecular weight is 444 g/mol. The molecule has 0 aliphatic rings. The van der Waals surface area contributed by atoms with Crippen LogP contribution in [-0.4, -0.2) is 46.3 Å². The molecule has 0 rings (SSSR count). The molecule has 0 aromatic heterocycles. The minimum atomic E-state index is -2.07. The van der Waals surface area contributed by atoms with Gasteiger partial charge in [0.05, 0.1) is 26.4 Å². The van der Waals surface area contributed by atoms with Crippen molar-refractivity contribution in [3.05, 3.63) is 0 Å². The van der Waals surface area contributed by atoms with E-state index in [0.29, 0.717) is 26.4 Å². The van der Waals surface area contributed by atoms with Gasteiger partial charge in [0.1, 0.15) is 0 Å². The van der Waals surface area contributed by atoms with E-state index in [9.17, 15) is 0 Å². The Morgan fingerprint density at radius 3 is 1.52 bits per heavy atom. The van der Waals surface area contributed by atoms with Gasteiger partial charge in [-0.05, 0) is 25.4 Å². The smallest absolute Gasteiger partial charge is 0.251 e. The Hall–Kier alpha value is 0.677. The lowest BCUT2D eigenvalue weighted by Gasteiger charge is -2.16. The summed E-state index contributed by atoms with van der Waals surface area (Å²) in [5.41, 5.74) is 0. The maximum atomic E-state index is 6.57. The van der Waals surface area contributed by atoms with Crippen LogP contribution in [0.1, 0.15) is 84.5 Å². The summed E-state index contributed by atoms with van der Waals surface area (Å²) in [7, 11) is 0. The molecule has 0 N–H and O–H groups in total. The van der Waals surface area contributed by atoms with Gasteiger partial charge in [-0.25, -0.2) is 0 Å². The van der Waals surface area contributed by atoms with Crippen LogP contribution in [0, 0.1) is 0 Å². The Labute approximate surface area is 179 Å². The molecular weight excluding hydrogens is 399 g/mol. The molecule has 0 aliphatic carbocycles. The van der Waals surface area contributed by atoms with Crippen LogP contribution in [-0.2, 0) is 14.2 Å². The first-order chi connectivity index (χ1) is 13.1. The minimum absolute atomic E-state index is 0.621. The van der Waals surface area contributed by atoms with Gasteiger partial charge in [0.25, 0.3) is 6.69 Å². The number of hydrogen-bond acceptors (Lipinski definition) is 3. The Kier molecular flexibility index (Phi) is 21.9. The van der Waals surface area contributed by atoms with Crippen molar-refractivity contribution in [3.8, 4) is 0 Å². The summed E-state index contributed by atoms with van der Waals surface area (Å²) < 4.78 is 16.2. The molecule has 0 aromatic carbocycles. The van der Waals surface area contributed by atoms with E-state index in [1.165, 1.54) is 64.2 Å². The third-order valence-corrected chi connectivity index (χ3v) is 9.11. The van der Waals surface area contributed by atoms with Crippen molar-refractivity contribution in [1.82, 2.24) is 0 Å². The van der Waals surface area contributed by atoms with Gasteiger partial charge in [0.15, 0.2) is 0 Å². The second-order valence-electron chi connectivity index (χ2n) is 7.31. The zero-order valence-electron chi connectivity index (χ0n) is 17.9. The first kappa shape index (κ1) is 27.7. The largest absolute Gasteiger partial charge is 0.379 e. The van der Waals surface area contributed by atoms with Gasteiger partial charge >= 0.3 is 0 Å². The van der Waals surface area contributed by atoms with E-state index in [1.54, 1.807) is 0 Å². The molecule has 0 aromatic rings. The second-order valence-corrected chi connectivity index (χ2v) is 14.9. The van der Waals surface area contributed by atoms with Crippen LogP contribution in [0.4, 0.5) is 0 Å². The van der Waals surface area contributed by atoms with Crippen LogP contribution in [0.5, 0.6) is 0 Å². The normalized spacial score (nSPS) is 12.0. The highest BCUT2D eigenvalue weighted by Gasteiger charge is 2.26. The molecule has 0 aliphatic heterocycles. The van der Waals surface area contributed by atoms with Crippen molar-refractivity contribution in [2.24, 2.45) is 0 Å². The molecular formula is C21H44Cl2O3Si. The fourth-order valence-corrected chi connectivity index (χ4v) is 6.30. The fourth-order valence-electron chi connectivity index (χ4n) is 3.01. The SMILES string of the molecule is CCCCCCCCCCCC[Si](Cl)(Cl)CCCOCCOCCOCC. The van der Waals surface area contributed by atoms with Crippen LogP contribution in [0.3, 0.4) is 0 Å². The third kappa shape index (κ3) is 22.8. The zero-order valence-corrected chi connectivity index (χ0v) is 20.4. The topological polar surface area (TPSA) is 27.7 Å². The predicted molar refractivity (Wildman–Crippen MR) is 122 cm³/mol. The number of unbranched alkanes of at least 4 members (excludes halogenated alkanes) is 9. The van der Waals surface area contributed by atoms with E-state index in [2.05, 4.69) is 6.92 Å². The van der Waals surface area contributed by atoms with E-state index in [-0.39, 0.29) is 0 Å². The van der Waals surface area contributed by atoms with Crippen LogP contribution in [0.2, 0.25) is 12.1 Å². The lowest BCUT2D eigenvalue weighted by Crippen LogP contribution is -2.19. The molecule has 6 heteroatoms. The zero-order chi connectivity index (χ0) is 20.1. The van der Waals surface area contributed by atoms with E-state index < -0.39 is 6.69 Å². The van der Waals surface area contributed by atoms with Gasteiger partial charge in [-0.3, -0.25) is 0 Å². The third-order valence-electron chi connectivity index (χ3n) is 4.68. The van der Waals surface area contributed by atoms with Gasteiger partial charge < -0.3 is 14.2 Å². The fraction of sp³-hybridized carbons (Fsp3) is 1.00. The summed E-state index contributed by atoms with van der Waals surface area (Å²) in [6.45, 7) is 6.18. The summed E-state index contributed by atoms with van der Waals surface area (Å²) in [5.74, 6) is 0. The van der Waals surface area contributed by atoms with Crippen molar-refractivity contribution in [2.75, 3.05) is 39.6 Å². The molecule has 0 unspecified atom stereocenters. The molecule has 0 saturated heterocycles. The highest BCUT2D eigenvalue weighted by atomic mass is 35.7. The Bertz CT molecular complexity index is 269. The molecule has 164 valence electrons. The van der Waals surface area contributed by atoms with Gasteiger partial charge in [0.2, 0.25) is 0 Å². The first-order valence-electron chi connectivity index (χ1n) is 11.2. The number of ether oxygens (including phenoxy) is 3. The molecule has 0 saturated carbocycles. The van der Waals surface area contributed by atoms with Gasteiger partial charge in [-0.15, -0.1) is 22.2 Å². The molecule has 0 fully saturated rings. The molecule has 0 bridgehead atoms. The lowest BCUT2D eigenvalue weighted by atomic mass is 10.1. The maximum absolute atomic E-state index is 6.57. The standard InChI is InChI=1S/C21H44Cl2O3Si/c1-3-5-6-7-8-9-10-11-12-13-20-27(22,23)21-14-15-25-18-19-26-17-16-24-4-2/h3-21H2,1-2H3. The molecule has 0 radical (unpaired) electrons. The minimum Gasteiger partial charge on any atom is -0.379 e. The van der Waals surface area contributed by atoms with E-state index in [0.717, 1.165) is 31.7 Å². The molecule has 3 nitrogen and oxygen atoms in total. The summed E-state index contributed by atoms with van der Waals surface area (Å²) >= 11 is 13.1. The van der Waals surface area contributed by atoms with Crippen LogP contribution in [0.15, 0.2) is 0 Å². The summed E-state index contributed by atoms with van der Waals surface area (Å²) in [6, 6.07) is 1.95. The maximum Gasteiger partial charge on any atom is 0.251 e. The molecule has 0 spiro atoms. The van der Waals surface area contributed by atoms with E-state index in [4.69, 9.17) is 36.4 Å². The number of hydrogen-bond donors (Lipinski definition) is 0. The first-order valence-corrected chi connectivity index (χ1v) is 15.7. The Morgan fingerprint density at radius 2 is 0.963 bits per heavy atom. The second kappa shape index (κ2) is 21.4. The van der Waals surface area contributed by atoms with Gasteiger partial charge in [-0.1, -0.05) is 71.1 Å². The van der Waals surface area contributed by atoms with Crippen LogP contribution >= 0.6 is 22.2 Å². The molecule has 27 heavy (non-hydrogen) atoms. The van der Waals surface area contributed by atoms with Crippen molar-refractivity contribution < 1.29 is 14.2 Å². The predicted octanol–water partition coefficient (Wildman–Crippen LogP) is 7.29. The molecule has 0 atom stereocenters. The van der Waals surface area contributed by atoms with Gasteiger partial charge in [-0.2, -0.15) is 0 Å². The average Bonchev–Trinajstić information content (AvgIpc) is 2.64. The quantitative estimate of drug-likeness (QED) is 0.0999. The van der Waals surface area contributed by atoms with E-state index >= 15 is 0 Å². The summed E-state index contributed by atoms with van der Waals surface area (Å²) in [5, 5.41) is 0.